The lowest BCUT2D eigenvalue weighted by molar-refractivity contribution is 0.256. The minimum atomic E-state index is -3.88. The van der Waals surface area contributed by atoms with Crippen LogP contribution in [-0.4, -0.2) is 37.5 Å². The summed E-state index contributed by atoms with van der Waals surface area (Å²) in [5.74, 6) is -0.809. The second kappa shape index (κ2) is 5.90. The molecule has 4 nitrogen and oxygen atoms in total. The number of hydrogen-bond acceptors (Lipinski definition) is 3. The van der Waals surface area contributed by atoms with Crippen LogP contribution >= 0.6 is 15.9 Å². The van der Waals surface area contributed by atoms with Gasteiger partial charge < -0.3 is 5.11 Å². The van der Waals surface area contributed by atoms with Crippen molar-refractivity contribution < 1.29 is 17.9 Å². The number of likely N-dealkylation sites (N-methyl/N-ethyl adjacent to an activating group) is 1. The van der Waals surface area contributed by atoms with Gasteiger partial charge in [-0.2, -0.15) is 4.31 Å². The molecule has 0 bridgehead atoms. The summed E-state index contributed by atoms with van der Waals surface area (Å²) in [7, 11) is -3.88. The maximum atomic E-state index is 13.6. The first-order valence-corrected chi connectivity index (χ1v) is 7.22. The van der Waals surface area contributed by atoms with Crippen LogP contribution in [0.5, 0.6) is 0 Å². The third-order valence-electron chi connectivity index (χ3n) is 2.21. The SMILES string of the molecule is CCN(CCO)S(=O)(=O)c1ccc(Br)cc1F. The first kappa shape index (κ1) is 14.6. The van der Waals surface area contributed by atoms with Gasteiger partial charge in [0.05, 0.1) is 6.61 Å². The van der Waals surface area contributed by atoms with Crippen molar-refractivity contribution in [3.63, 3.8) is 0 Å². The van der Waals surface area contributed by atoms with Crippen molar-refractivity contribution in [1.82, 2.24) is 4.31 Å². The molecule has 0 aliphatic rings. The lowest BCUT2D eigenvalue weighted by atomic mass is 10.3. The van der Waals surface area contributed by atoms with Gasteiger partial charge in [-0.3, -0.25) is 0 Å². The van der Waals surface area contributed by atoms with Crippen molar-refractivity contribution in [2.24, 2.45) is 0 Å². The molecule has 0 aliphatic heterocycles. The van der Waals surface area contributed by atoms with Crippen LogP contribution in [0.1, 0.15) is 6.92 Å². The van der Waals surface area contributed by atoms with E-state index in [4.69, 9.17) is 5.11 Å². The summed E-state index contributed by atoms with van der Waals surface area (Å²) in [6, 6.07) is 3.76. The molecule has 0 aromatic heterocycles. The molecular weight excluding hydrogens is 313 g/mol. The predicted octanol–water partition coefficient (Wildman–Crippen LogP) is 1.59. The maximum Gasteiger partial charge on any atom is 0.246 e. The number of benzene rings is 1. The van der Waals surface area contributed by atoms with Crippen molar-refractivity contribution in [3.05, 3.63) is 28.5 Å². The molecule has 0 saturated heterocycles. The Morgan fingerprint density at radius 3 is 2.59 bits per heavy atom. The molecule has 1 aromatic rings. The number of sulfonamides is 1. The fourth-order valence-electron chi connectivity index (χ4n) is 1.38. The van der Waals surface area contributed by atoms with Gasteiger partial charge in [-0.15, -0.1) is 0 Å². The average molecular weight is 326 g/mol. The van der Waals surface area contributed by atoms with Crippen molar-refractivity contribution in [3.8, 4) is 0 Å². The summed E-state index contributed by atoms with van der Waals surface area (Å²) in [5.41, 5.74) is 0. The molecule has 0 aliphatic carbocycles. The topological polar surface area (TPSA) is 57.6 Å². The van der Waals surface area contributed by atoms with Crippen LogP contribution in [0, 0.1) is 5.82 Å². The number of rotatable bonds is 5. The fourth-order valence-corrected chi connectivity index (χ4v) is 3.20. The van der Waals surface area contributed by atoms with Gasteiger partial charge >= 0.3 is 0 Å². The molecule has 1 aromatic carbocycles. The summed E-state index contributed by atoms with van der Waals surface area (Å²) in [5, 5.41) is 8.78. The van der Waals surface area contributed by atoms with E-state index < -0.39 is 15.8 Å². The molecule has 1 rings (SSSR count). The summed E-state index contributed by atoms with van der Waals surface area (Å²) < 4.78 is 39.2. The summed E-state index contributed by atoms with van der Waals surface area (Å²) in [4.78, 5) is -0.379. The van der Waals surface area contributed by atoms with Gasteiger partial charge in [0, 0.05) is 17.6 Å². The van der Waals surface area contributed by atoms with Gasteiger partial charge in [0.1, 0.15) is 10.7 Å². The van der Waals surface area contributed by atoms with E-state index in [0.29, 0.717) is 4.47 Å². The Labute approximate surface area is 108 Å². The number of aliphatic hydroxyl groups excluding tert-OH is 1. The third-order valence-corrected chi connectivity index (χ3v) is 4.71. The molecule has 0 fully saturated rings. The van der Waals surface area contributed by atoms with E-state index >= 15 is 0 Å². The van der Waals surface area contributed by atoms with E-state index in [1.54, 1.807) is 6.92 Å². The van der Waals surface area contributed by atoms with Crippen LogP contribution < -0.4 is 0 Å². The van der Waals surface area contributed by atoms with Crippen LogP contribution in [0.15, 0.2) is 27.6 Å². The minimum Gasteiger partial charge on any atom is -0.395 e. The Morgan fingerprint density at radius 1 is 1.47 bits per heavy atom. The molecule has 96 valence electrons. The number of hydrogen-bond donors (Lipinski definition) is 1. The number of halogens is 2. The monoisotopic (exact) mass is 325 g/mol. The second-order valence-electron chi connectivity index (χ2n) is 3.30. The van der Waals surface area contributed by atoms with E-state index in [2.05, 4.69) is 15.9 Å². The summed E-state index contributed by atoms with van der Waals surface area (Å²) >= 11 is 3.06. The van der Waals surface area contributed by atoms with Gasteiger partial charge in [0.2, 0.25) is 10.0 Å². The molecule has 0 heterocycles. The molecule has 1 N–H and O–H groups in total. The van der Waals surface area contributed by atoms with E-state index in [0.717, 1.165) is 10.4 Å². The minimum absolute atomic E-state index is 0.0473. The summed E-state index contributed by atoms with van der Waals surface area (Å²) in [6.07, 6.45) is 0. The van der Waals surface area contributed by atoms with Gasteiger partial charge in [0.25, 0.3) is 0 Å². The van der Waals surface area contributed by atoms with Crippen LogP contribution in [0.4, 0.5) is 4.39 Å². The largest absolute Gasteiger partial charge is 0.395 e. The highest BCUT2D eigenvalue weighted by Gasteiger charge is 2.25. The van der Waals surface area contributed by atoms with Crippen molar-refractivity contribution >= 4 is 26.0 Å². The summed E-state index contributed by atoms with van der Waals surface area (Å²) in [6.45, 7) is 1.46. The second-order valence-corrected chi connectivity index (χ2v) is 6.12. The zero-order chi connectivity index (χ0) is 13.1. The molecule has 0 amide bonds. The van der Waals surface area contributed by atoms with Crippen molar-refractivity contribution in [2.75, 3.05) is 19.7 Å². The molecule has 0 radical (unpaired) electrons. The first-order valence-electron chi connectivity index (χ1n) is 4.99. The predicted molar refractivity (Wildman–Crippen MR) is 65.6 cm³/mol. The third kappa shape index (κ3) is 3.25. The Kier molecular flexibility index (Phi) is 5.05. The van der Waals surface area contributed by atoms with Gasteiger partial charge in [-0.1, -0.05) is 22.9 Å². The average Bonchev–Trinajstić information content (AvgIpc) is 2.24. The smallest absolute Gasteiger partial charge is 0.246 e. The Bertz CT molecular complexity index is 492. The lowest BCUT2D eigenvalue weighted by Gasteiger charge is -2.19. The molecule has 0 saturated carbocycles. The molecule has 0 spiro atoms. The molecule has 0 atom stereocenters. The van der Waals surface area contributed by atoms with Gasteiger partial charge in [-0.05, 0) is 18.2 Å². The number of nitrogens with zero attached hydrogens (tertiary/aromatic N) is 1. The molecule has 17 heavy (non-hydrogen) atoms. The zero-order valence-electron chi connectivity index (χ0n) is 9.23. The van der Waals surface area contributed by atoms with Crippen LogP contribution in [0.2, 0.25) is 0 Å². The standard InChI is InChI=1S/C10H13BrFNO3S/c1-2-13(5-6-14)17(15,16)10-4-3-8(11)7-9(10)12/h3-4,7,14H,2,5-6H2,1H3. The lowest BCUT2D eigenvalue weighted by Crippen LogP contribution is -2.33. The zero-order valence-corrected chi connectivity index (χ0v) is 11.6. The quantitative estimate of drug-likeness (QED) is 0.894. The van der Waals surface area contributed by atoms with E-state index in [9.17, 15) is 12.8 Å². The van der Waals surface area contributed by atoms with E-state index in [-0.39, 0.29) is 24.6 Å². The highest BCUT2D eigenvalue weighted by atomic mass is 79.9. The van der Waals surface area contributed by atoms with Crippen LogP contribution in [0.25, 0.3) is 0 Å². The Hall–Kier alpha value is -0.500. The molecule has 0 unspecified atom stereocenters. The molecule has 7 heteroatoms. The van der Waals surface area contributed by atoms with Crippen molar-refractivity contribution in [2.45, 2.75) is 11.8 Å². The van der Waals surface area contributed by atoms with Gasteiger partial charge in [-0.25, -0.2) is 12.8 Å². The Morgan fingerprint density at radius 2 is 2.12 bits per heavy atom. The maximum absolute atomic E-state index is 13.6. The van der Waals surface area contributed by atoms with Crippen molar-refractivity contribution in [1.29, 1.82) is 0 Å². The fraction of sp³-hybridized carbons (Fsp3) is 0.400. The Balaban J connectivity index is 3.20. The first-order chi connectivity index (χ1) is 7.93. The highest BCUT2D eigenvalue weighted by molar-refractivity contribution is 9.10. The van der Waals surface area contributed by atoms with Gasteiger partial charge in [0.15, 0.2) is 0 Å². The highest BCUT2D eigenvalue weighted by Crippen LogP contribution is 2.22. The van der Waals surface area contributed by atoms with E-state index in [1.165, 1.54) is 12.1 Å². The van der Waals surface area contributed by atoms with Crippen LogP contribution in [0.3, 0.4) is 0 Å². The number of aliphatic hydroxyl groups is 1. The normalized spacial score (nSPS) is 12.1. The molecular formula is C10H13BrFNO3S. The van der Waals surface area contributed by atoms with E-state index in [1.807, 2.05) is 0 Å². The van der Waals surface area contributed by atoms with Crippen LogP contribution in [-0.2, 0) is 10.0 Å².